The average molecular weight is 417 g/mol. The van der Waals surface area contributed by atoms with Gasteiger partial charge in [0, 0.05) is 36.9 Å². The summed E-state index contributed by atoms with van der Waals surface area (Å²) >= 11 is 0. The number of likely N-dealkylation sites (tertiary alicyclic amines) is 1. The van der Waals surface area contributed by atoms with Gasteiger partial charge in [0.1, 0.15) is 0 Å². The Hall–Kier alpha value is -2.33. The van der Waals surface area contributed by atoms with Crippen molar-refractivity contribution in [2.75, 3.05) is 25.0 Å². The molecule has 3 heterocycles. The number of benzene rings is 2. The molecule has 31 heavy (non-hydrogen) atoms. The molecule has 1 N–H and O–H groups in total. The number of carbonyl (C=O) groups is 1. The largest absolute Gasteiger partial charge is 0.378 e. The fraction of sp³-hybridized carbons (Fsp3) is 0.519. The van der Waals surface area contributed by atoms with Gasteiger partial charge in [-0.25, -0.2) is 0 Å². The van der Waals surface area contributed by atoms with E-state index in [4.69, 9.17) is 4.74 Å². The highest BCUT2D eigenvalue weighted by molar-refractivity contribution is 5.91. The molecule has 0 radical (unpaired) electrons. The second-order valence-electron chi connectivity index (χ2n) is 10.3. The van der Waals surface area contributed by atoms with Crippen molar-refractivity contribution in [1.82, 2.24) is 4.90 Å². The Morgan fingerprint density at radius 2 is 2.03 bits per heavy atom. The highest BCUT2D eigenvalue weighted by Gasteiger charge is 2.54. The van der Waals surface area contributed by atoms with Crippen LogP contribution in [0.25, 0.3) is 0 Å². The molecule has 0 bridgehead atoms. The van der Waals surface area contributed by atoms with Crippen molar-refractivity contribution < 1.29 is 9.53 Å². The summed E-state index contributed by atoms with van der Waals surface area (Å²) < 4.78 is 6.29. The second kappa shape index (κ2) is 7.09. The normalized spacial score (nSPS) is 30.5. The van der Waals surface area contributed by atoms with Crippen LogP contribution in [0.1, 0.15) is 67.0 Å². The Bertz CT molecular complexity index is 1030. The molecule has 4 nitrogen and oxygen atoms in total. The number of nitrogens with zero attached hydrogens (tertiary/aromatic N) is 1. The zero-order valence-corrected chi connectivity index (χ0v) is 18.6. The molecule has 1 amide bonds. The number of ether oxygens (including phenoxy) is 1. The standard InChI is InChI=1S/C27H32N2O2/c1-17-4-3-5-19(14-17)24-21-9-13-31-25(21)22-15-20(6-7-23(22)28-24)27(10-11-27)26(30)29-12-8-18(2)16-29/h3-7,14-15,18,21,24-25,28H,8-13,16H2,1-2H3/t18-,21+,24+,25+/m0/s1. The van der Waals surface area contributed by atoms with Gasteiger partial charge in [-0.1, -0.05) is 48.9 Å². The maximum absolute atomic E-state index is 13.4. The number of hydrogen-bond donors (Lipinski definition) is 1. The van der Waals surface area contributed by atoms with Gasteiger partial charge in [-0.2, -0.15) is 0 Å². The Kier molecular flexibility index (Phi) is 4.43. The monoisotopic (exact) mass is 416 g/mol. The first-order valence-electron chi connectivity index (χ1n) is 11.9. The van der Waals surface area contributed by atoms with Crippen LogP contribution in [0, 0.1) is 18.8 Å². The van der Waals surface area contributed by atoms with Crippen LogP contribution in [0.3, 0.4) is 0 Å². The molecule has 0 unspecified atom stereocenters. The van der Waals surface area contributed by atoms with Crippen LogP contribution in [0.5, 0.6) is 0 Å². The number of rotatable bonds is 3. The maximum atomic E-state index is 13.4. The number of hydrogen-bond acceptors (Lipinski definition) is 3. The number of carbonyl (C=O) groups excluding carboxylic acids is 1. The highest BCUT2D eigenvalue weighted by atomic mass is 16.5. The van der Waals surface area contributed by atoms with Crippen LogP contribution in [-0.4, -0.2) is 30.5 Å². The number of anilines is 1. The Labute approximate surface area is 185 Å². The molecule has 2 aromatic rings. The van der Waals surface area contributed by atoms with E-state index in [-0.39, 0.29) is 17.6 Å². The molecule has 2 aromatic carbocycles. The van der Waals surface area contributed by atoms with Crippen LogP contribution < -0.4 is 5.32 Å². The van der Waals surface area contributed by atoms with E-state index < -0.39 is 0 Å². The quantitative estimate of drug-likeness (QED) is 0.753. The van der Waals surface area contributed by atoms with Gasteiger partial charge in [0.05, 0.1) is 17.6 Å². The van der Waals surface area contributed by atoms with Crippen LogP contribution >= 0.6 is 0 Å². The second-order valence-corrected chi connectivity index (χ2v) is 10.3. The minimum absolute atomic E-state index is 0.111. The molecule has 3 aliphatic heterocycles. The van der Waals surface area contributed by atoms with Crippen molar-refractivity contribution in [3.63, 3.8) is 0 Å². The number of fused-ring (bicyclic) bond motifs is 3. The van der Waals surface area contributed by atoms with Gasteiger partial charge in [0.2, 0.25) is 5.91 Å². The lowest BCUT2D eigenvalue weighted by Gasteiger charge is -2.37. The minimum Gasteiger partial charge on any atom is -0.378 e. The molecule has 0 spiro atoms. The van der Waals surface area contributed by atoms with Gasteiger partial charge in [0.15, 0.2) is 0 Å². The van der Waals surface area contributed by atoms with Gasteiger partial charge in [0.25, 0.3) is 0 Å². The Morgan fingerprint density at radius 1 is 1.16 bits per heavy atom. The van der Waals surface area contributed by atoms with Crippen LogP contribution in [0.4, 0.5) is 5.69 Å². The van der Waals surface area contributed by atoms with Gasteiger partial charge >= 0.3 is 0 Å². The summed E-state index contributed by atoms with van der Waals surface area (Å²) in [5.41, 5.74) is 5.95. The molecule has 2 saturated heterocycles. The van der Waals surface area contributed by atoms with E-state index in [0.29, 0.717) is 17.7 Å². The van der Waals surface area contributed by atoms with Crippen LogP contribution in [-0.2, 0) is 14.9 Å². The number of aryl methyl sites for hydroxylation is 1. The van der Waals surface area contributed by atoms with Crippen molar-refractivity contribution in [3.8, 4) is 0 Å². The summed E-state index contributed by atoms with van der Waals surface area (Å²) in [6.07, 6.45) is 4.26. The lowest BCUT2D eigenvalue weighted by molar-refractivity contribution is -0.133. The molecule has 4 heteroatoms. The summed E-state index contributed by atoms with van der Waals surface area (Å²) in [6.45, 7) is 7.04. The third-order valence-electron chi connectivity index (χ3n) is 8.06. The van der Waals surface area contributed by atoms with Crippen molar-refractivity contribution >= 4 is 11.6 Å². The first kappa shape index (κ1) is 19.4. The molecule has 0 aromatic heterocycles. The fourth-order valence-electron chi connectivity index (χ4n) is 6.14. The SMILES string of the molecule is Cc1cccc([C@H]2Nc3ccc(C4(C(=O)N5CC[C@H](C)C5)CC4)cc3[C@@H]3OCC[C@H]23)c1. The lowest BCUT2D eigenvalue weighted by Crippen LogP contribution is -2.38. The van der Waals surface area contributed by atoms with Crippen molar-refractivity contribution in [3.05, 3.63) is 64.7 Å². The summed E-state index contributed by atoms with van der Waals surface area (Å²) in [6, 6.07) is 15.8. The molecule has 3 fully saturated rings. The summed E-state index contributed by atoms with van der Waals surface area (Å²) in [5.74, 6) is 1.40. The van der Waals surface area contributed by atoms with Gasteiger partial charge in [-0.15, -0.1) is 0 Å². The third kappa shape index (κ3) is 3.10. The van der Waals surface area contributed by atoms with Gasteiger partial charge in [-0.3, -0.25) is 4.79 Å². The molecule has 4 aliphatic rings. The van der Waals surface area contributed by atoms with Crippen molar-refractivity contribution in [2.24, 2.45) is 11.8 Å². The third-order valence-corrected chi connectivity index (χ3v) is 8.06. The number of amides is 1. The van der Waals surface area contributed by atoms with E-state index in [1.165, 1.54) is 22.3 Å². The Balaban J connectivity index is 1.33. The van der Waals surface area contributed by atoms with E-state index in [0.717, 1.165) is 51.1 Å². The average Bonchev–Trinajstić information content (AvgIpc) is 3.22. The number of nitrogens with one attached hydrogen (secondary N) is 1. The van der Waals surface area contributed by atoms with E-state index >= 15 is 0 Å². The predicted octanol–water partition coefficient (Wildman–Crippen LogP) is 5.14. The molecular formula is C27H32N2O2. The van der Waals surface area contributed by atoms with E-state index in [2.05, 4.69) is 66.5 Å². The minimum atomic E-state index is -0.291. The molecule has 4 atom stereocenters. The van der Waals surface area contributed by atoms with E-state index in [9.17, 15) is 4.79 Å². The molecule has 1 saturated carbocycles. The van der Waals surface area contributed by atoms with E-state index in [1.807, 2.05) is 0 Å². The topological polar surface area (TPSA) is 41.6 Å². The molecule has 1 aliphatic carbocycles. The fourth-order valence-corrected chi connectivity index (χ4v) is 6.14. The highest BCUT2D eigenvalue weighted by Crippen LogP contribution is 2.54. The lowest BCUT2D eigenvalue weighted by atomic mass is 9.79. The van der Waals surface area contributed by atoms with Gasteiger partial charge in [-0.05, 0) is 55.7 Å². The van der Waals surface area contributed by atoms with Gasteiger partial charge < -0.3 is 15.0 Å². The maximum Gasteiger partial charge on any atom is 0.233 e. The zero-order valence-electron chi connectivity index (χ0n) is 18.6. The first-order valence-corrected chi connectivity index (χ1v) is 11.9. The summed E-state index contributed by atoms with van der Waals surface area (Å²) in [4.78, 5) is 15.5. The molecule has 6 rings (SSSR count). The summed E-state index contributed by atoms with van der Waals surface area (Å²) in [7, 11) is 0. The molecule has 162 valence electrons. The van der Waals surface area contributed by atoms with E-state index in [1.54, 1.807) is 0 Å². The first-order chi connectivity index (χ1) is 15.0. The molecular weight excluding hydrogens is 384 g/mol. The van der Waals surface area contributed by atoms with Crippen LogP contribution in [0.15, 0.2) is 42.5 Å². The van der Waals surface area contributed by atoms with Crippen LogP contribution in [0.2, 0.25) is 0 Å². The predicted molar refractivity (Wildman–Crippen MR) is 122 cm³/mol. The zero-order chi connectivity index (χ0) is 21.2. The Morgan fingerprint density at radius 3 is 2.77 bits per heavy atom. The van der Waals surface area contributed by atoms with Crippen molar-refractivity contribution in [2.45, 2.75) is 57.1 Å². The van der Waals surface area contributed by atoms with Crippen molar-refractivity contribution in [1.29, 1.82) is 0 Å². The smallest absolute Gasteiger partial charge is 0.233 e. The summed E-state index contributed by atoms with van der Waals surface area (Å²) in [5, 5.41) is 3.83.